The summed E-state index contributed by atoms with van der Waals surface area (Å²) in [7, 11) is -1.69. The number of benzene rings is 2. The maximum absolute atomic E-state index is 2.60. The average molecular weight is 566 g/mol. The standard InChI is InChI=1S/C22H22Si.2BrH.Zr/c1-15-13-17-9-5-7-11-19(17)21(15)23(3,4)22-16(2)14-18-10-6-8-12-20(18)22;;;/h5-14H,1-4H3;2*1H;/q;;;+2/p-2. The van der Waals surface area contributed by atoms with Crippen molar-refractivity contribution in [3.05, 3.63) is 81.9 Å². The molecule has 2 atom stereocenters. The topological polar surface area (TPSA) is 0 Å². The van der Waals surface area contributed by atoms with E-state index in [1.54, 1.807) is 43.8 Å². The molecule has 0 saturated carbocycles. The second kappa shape index (κ2) is 7.10. The number of fused-ring (bicyclic) bond motifs is 8. The molecule has 1 aliphatic heterocycles. The molecule has 0 amide bonds. The molecule has 2 unspecified atom stereocenters. The molecule has 2 aromatic rings. The summed E-state index contributed by atoms with van der Waals surface area (Å²) in [6.07, 6.45) is 0. The molecule has 0 saturated heterocycles. The molecule has 2 aromatic carbocycles. The molecule has 5 rings (SSSR count). The minimum atomic E-state index is -1.69. The van der Waals surface area contributed by atoms with Crippen molar-refractivity contribution in [2.75, 3.05) is 0 Å². The van der Waals surface area contributed by atoms with E-state index in [2.05, 4.69) is 75.5 Å². The number of rotatable bonds is 0. The van der Waals surface area contributed by atoms with Gasteiger partial charge in [0, 0.05) is 0 Å². The van der Waals surface area contributed by atoms with Gasteiger partial charge in [0.05, 0.1) is 0 Å². The van der Waals surface area contributed by atoms with Crippen molar-refractivity contribution in [3.63, 3.8) is 0 Å². The second-order valence-electron chi connectivity index (χ2n) is 7.95. The molecule has 26 heavy (non-hydrogen) atoms. The summed E-state index contributed by atoms with van der Waals surface area (Å²) < 4.78 is 1.55. The van der Waals surface area contributed by atoms with Crippen LogP contribution < -0.4 is 34.0 Å². The van der Waals surface area contributed by atoms with Gasteiger partial charge in [-0.3, -0.25) is 0 Å². The molecule has 0 nitrogen and oxygen atoms in total. The summed E-state index contributed by atoms with van der Waals surface area (Å²) in [5, 5.41) is 3.52. The molecular formula is C22H22Br2SiZr. The first-order valence-electron chi connectivity index (χ1n) is 8.89. The maximum atomic E-state index is 2.60. The van der Waals surface area contributed by atoms with Gasteiger partial charge in [-0.05, 0) is 0 Å². The van der Waals surface area contributed by atoms with Gasteiger partial charge in [-0.2, -0.15) is 0 Å². The van der Waals surface area contributed by atoms with Gasteiger partial charge in [0.25, 0.3) is 0 Å². The fourth-order valence-electron chi connectivity index (χ4n) is 5.51. The predicted molar refractivity (Wildman–Crippen MR) is 101 cm³/mol. The normalized spacial score (nSPS) is 23.5. The quantitative estimate of drug-likeness (QED) is 0.393. The minimum absolute atomic E-state index is 0. The Labute approximate surface area is 190 Å². The van der Waals surface area contributed by atoms with Crippen molar-refractivity contribution in [1.82, 2.24) is 0 Å². The largest absolute Gasteiger partial charge is 1.00 e. The Morgan fingerprint density at radius 1 is 0.692 bits per heavy atom. The average Bonchev–Trinajstić information content (AvgIpc) is 3.02. The van der Waals surface area contributed by atoms with E-state index in [1.807, 2.05) is 0 Å². The molecular weight excluding hydrogens is 543 g/mol. The van der Waals surface area contributed by atoms with E-state index in [-0.39, 0.29) is 34.0 Å². The summed E-state index contributed by atoms with van der Waals surface area (Å²) in [6, 6.07) is 18.7. The van der Waals surface area contributed by atoms with Crippen LogP contribution in [0.15, 0.2) is 59.7 Å². The summed E-state index contributed by atoms with van der Waals surface area (Å²) in [5.41, 5.74) is 10.0. The Morgan fingerprint density at radius 3 is 1.50 bits per heavy atom. The third-order valence-electron chi connectivity index (χ3n) is 6.32. The van der Waals surface area contributed by atoms with Crippen LogP contribution in [-0.2, 0) is 23.2 Å². The van der Waals surface area contributed by atoms with Crippen LogP contribution in [0, 0.1) is 0 Å². The molecule has 0 radical (unpaired) electrons. The molecule has 2 aliphatic carbocycles. The summed E-state index contributed by atoms with van der Waals surface area (Å²) in [5.74, 6) is 0. The Balaban J connectivity index is 0.000000980. The van der Waals surface area contributed by atoms with Gasteiger partial charge in [0.2, 0.25) is 0 Å². The molecule has 0 N–H and O–H groups in total. The second-order valence-corrected chi connectivity index (χ2v) is 15.9. The maximum Gasteiger partial charge on any atom is -1.00 e. The van der Waals surface area contributed by atoms with Crippen LogP contribution in [0.4, 0.5) is 0 Å². The first-order valence-corrected chi connectivity index (χ1v) is 14.7. The van der Waals surface area contributed by atoms with E-state index in [0.29, 0.717) is 0 Å². The third-order valence-corrected chi connectivity index (χ3v) is 15.4. The van der Waals surface area contributed by atoms with E-state index in [9.17, 15) is 0 Å². The van der Waals surface area contributed by atoms with Crippen LogP contribution in [0.2, 0.25) is 13.1 Å². The molecule has 4 heteroatoms. The minimum Gasteiger partial charge on any atom is -1.00 e. The van der Waals surface area contributed by atoms with Gasteiger partial charge in [-0.1, -0.05) is 0 Å². The zero-order chi connectivity index (χ0) is 16.6. The fourth-order valence-corrected chi connectivity index (χ4v) is 15.4. The number of hydrogen-bond acceptors (Lipinski definition) is 0. The Kier molecular flexibility index (Phi) is 5.65. The van der Waals surface area contributed by atoms with Gasteiger partial charge in [0.15, 0.2) is 0 Å². The van der Waals surface area contributed by atoms with Crippen molar-refractivity contribution < 1.29 is 57.2 Å². The van der Waals surface area contributed by atoms with E-state index in [4.69, 9.17) is 0 Å². The smallest absolute Gasteiger partial charge is 1.00 e. The number of halogens is 2. The first kappa shape index (κ1) is 20.7. The van der Waals surface area contributed by atoms with Crippen molar-refractivity contribution in [2.24, 2.45) is 0 Å². The molecule has 0 aromatic heterocycles. The van der Waals surface area contributed by atoms with E-state index >= 15 is 0 Å². The van der Waals surface area contributed by atoms with Crippen molar-refractivity contribution >= 4 is 18.5 Å². The van der Waals surface area contributed by atoms with Crippen LogP contribution in [0.25, 0.3) is 10.4 Å². The zero-order valence-electron chi connectivity index (χ0n) is 15.5. The van der Waals surface area contributed by atoms with E-state index in [1.165, 1.54) is 0 Å². The molecule has 0 spiro atoms. The van der Waals surface area contributed by atoms with E-state index < -0.39 is 31.3 Å². The van der Waals surface area contributed by atoms with Crippen LogP contribution in [0.5, 0.6) is 0 Å². The summed E-state index contributed by atoms with van der Waals surface area (Å²) in [4.78, 5) is 0. The molecule has 0 fully saturated rings. The SMILES string of the molecule is CC1=C2c3ccccc3[CH]1[Zr+2][CH]1C(C)=C(c3ccccc31)[Si]2(C)C.[Br-].[Br-]. The van der Waals surface area contributed by atoms with Crippen molar-refractivity contribution in [3.8, 4) is 0 Å². The number of allylic oxidation sites excluding steroid dienone is 2. The van der Waals surface area contributed by atoms with Crippen molar-refractivity contribution in [1.29, 1.82) is 0 Å². The van der Waals surface area contributed by atoms with Crippen LogP contribution in [0.3, 0.4) is 0 Å². The van der Waals surface area contributed by atoms with Crippen LogP contribution >= 0.6 is 0 Å². The van der Waals surface area contributed by atoms with Crippen molar-refractivity contribution in [2.45, 2.75) is 34.2 Å². The monoisotopic (exact) mass is 562 g/mol. The van der Waals surface area contributed by atoms with Gasteiger partial charge >= 0.3 is 158 Å². The van der Waals surface area contributed by atoms with E-state index in [0.717, 1.165) is 7.25 Å². The van der Waals surface area contributed by atoms with Gasteiger partial charge < -0.3 is 34.0 Å². The van der Waals surface area contributed by atoms with Crippen LogP contribution in [0.1, 0.15) is 43.4 Å². The Morgan fingerprint density at radius 2 is 1.08 bits per heavy atom. The summed E-state index contributed by atoms with van der Waals surface area (Å²) in [6.45, 7) is 10.1. The fraction of sp³-hybridized carbons (Fsp3) is 0.273. The molecule has 132 valence electrons. The molecule has 3 aliphatic rings. The van der Waals surface area contributed by atoms with Gasteiger partial charge in [0.1, 0.15) is 0 Å². The van der Waals surface area contributed by atoms with Gasteiger partial charge in [-0.15, -0.1) is 0 Å². The van der Waals surface area contributed by atoms with Gasteiger partial charge in [-0.25, -0.2) is 0 Å². The predicted octanol–water partition coefficient (Wildman–Crippen LogP) is -0.0659. The van der Waals surface area contributed by atoms with Crippen LogP contribution in [-0.4, -0.2) is 8.07 Å². The number of hydrogen-bond donors (Lipinski definition) is 0. The zero-order valence-corrected chi connectivity index (χ0v) is 22.2. The third kappa shape index (κ3) is 2.59. The first-order chi connectivity index (χ1) is 11.5. The Hall–Kier alpha value is -0.0200. The summed E-state index contributed by atoms with van der Waals surface area (Å²) >= 11 is -0.635. The molecule has 1 heterocycles. The molecule has 4 bridgehead atoms. The Bertz CT molecular complexity index is 883.